The summed E-state index contributed by atoms with van der Waals surface area (Å²) in [5.41, 5.74) is 1.09. The first-order valence-electron chi connectivity index (χ1n) is 8.30. The van der Waals surface area contributed by atoms with Crippen LogP contribution in [0.25, 0.3) is 0 Å². The smallest absolute Gasteiger partial charge is 0.119 e. The summed E-state index contributed by atoms with van der Waals surface area (Å²) in [4.78, 5) is 0. The van der Waals surface area contributed by atoms with Crippen molar-refractivity contribution in [1.29, 1.82) is 0 Å². The molecule has 0 amide bonds. The average Bonchev–Trinajstić information content (AvgIpc) is 2.51. The maximum atomic E-state index is 9.80. The van der Waals surface area contributed by atoms with E-state index < -0.39 is 6.10 Å². The minimum Gasteiger partial charge on any atom is -0.491 e. The van der Waals surface area contributed by atoms with Crippen molar-refractivity contribution >= 4 is 0 Å². The van der Waals surface area contributed by atoms with Crippen LogP contribution < -0.4 is 10.1 Å². The number of benzene rings is 1. The van der Waals surface area contributed by atoms with Crippen LogP contribution in [0.5, 0.6) is 5.75 Å². The molecule has 0 aliphatic rings. The second kappa shape index (κ2) is 13.1. The fraction of sp³-hybridized carbons (Fsp3) is 0.667. The van der Waals surface area contributed by atoms with Crippen LogP contribution in [-0.2, 0) is 16.1 Å². The van der Waals surface area contributed by atoms with E-state index in [1.54, 1.807) is 0 Å². The van der Waals surface area contributed by atoms with Crippen LogP contribution in [0, 0.1) is 0 Å². The van der Waals surface area contributed by atoms with E-state index >= 15 is 0 Å². The number of ether oxygens (including phenoxy) is 3. The third-order valence-electron chi connectivity index (χ3n) is 3.08. The van der Waals surface area contributed by atoms with E-state index in [9.17, 15) is 5.11 Å². The van der Waals surface area contributed by atoms with Gasteiger partial charge in [0.25, 0.3) is 0 Å². The fourth-order valence-electron chi connectivity index (χ4n) is 1.84. The lowest BCUT2D eigenvalue weighted by atomic mass is 10.2. The van der Waals surface area contributed by atoms with Crippen LogP contribution in [0.3, 0.4) is 0 Å². The van der Waals surface area contributed by atoms with Crippen molar-refractivity contribution in [3.8, 4) is 5.75 Å². The Hall–Kier alpha value is -1.18. The van der Waals surface area contributed by atoms with E-state index in [2.05, 4.69) is 5.32 Å². The second-order valence-electron chi connectivity index (χ2n) is 6.14. The molecule has 0 saturated heterocycles. The molecule has 0 saturated carbocycles. The molecule has 6 heteroatoms. The van der Waals surface area contributed by atoms with Crippen LogP contribution in [0.4, 0.5) is 0 Å². The Morgan fingerprint density at radius 2 is 1.71 bits per heavy atom. The highest BCUT2D eigenvalue weighted by atomic mass is 16.5. The molecule has 1 aromatic rings. The molecule has 0 spiro atoms. The van der Waals surface area contributed by atoms with E-state index in [0.29, 0.717) is 32.4 Å². The number of hydrogen-bond donors (Lipinski definition) is 2. The van der Waals surface area contributed by atoms with Crippen molar-refractivity contribution in [2.45, 2.75) is 52.6 Å². The van der Waals surface area contributed by atoms with Gasteiger partial charge in [-0.05, 0) is 31.5 Å². The summed E-state index contributed by atoms with van der Waals surface area (Å²) in [6.07, 6.45) is -0.275. The standard InChI is InChI=1S/C18H31NO4.H2O/c1-14(2)19-11-17(20)13-23-18-7-5-16(6-8-18)12-21-9-10-22-15(3)4;/h5-8,14-15,17,19-20H,9-13H2,1-4H3;1H2. The zero-order chi connectivity index (χ0) is 17.1. The van der Waals surface area contributed by atoms with Gasteiger partial charge in [-0.15, -0.1) is 0 Å². The van der Waals surface area contributed by atoms with Gasteiger partial charge in [0.05, 0.1) is 25.9 Å². The Kier molecular flexibility index (Phi) is 12.5. The molecule has 6 nitrogen and oxygen atoms in total. The molecule has 4 N–H and O–H groups in total. The van der Waals surface area contributed by atoms with E-state index in [0.717, 1.165) is 11.3 Å². The highest BCUT2D eigenvalue weighted by Crippen LogP contribution is 2.13. The van der Waals surface area contributed by atoms with Gasteiger partial charge in [0.2, 0.25) is 0 Å². The zero-order valence-corrected chi connectivity index (χ0v) is 15.2. The van der Waals surface area contributed by atoms with Crippen LogP contribution in [0.15, 0.2) is 24.3 Å². The highest BCUT2D eigenvalue weighted by Gasteiger charge is 2.06. The monoisotopic (exact) mass is 343 g/mol. The van der Waals surface area contributed by atoms with Crippen molar-refractivity contribution in [1.82, 2.24) is 5.32 Å². The molecule has 0 fully saturated rings. The van der Waals surface area contributed by atoms with Crippen molar-refractivity contribution in [3.05, 3.63) is 29.8 Å². The van der Waals surface area contributed by atoms with Gasteiger partial charge in [0.15, 0.2) is 0 Å². The Bertz CT molecular complexity index is 408. The molecule has 1 atom stereocenters. The number of nitrogens with one attached hydrogen (secondary N) is 1. The zero-order valence-electron chi connectivity index (χ0n) is 15.2. The molecule has 0 aliphatic heterocycles. The van der Waals surface area contributed by atoms with Gasteiger partial charge in [-0.25, -0.2) is 0 Å². The fourth-order valence-corrected chi connectivity index (χ4v) is 1.84. The summed E-state index contributed by atoms with van der Waals surface area (Å²) in [7, 11) is 0. The third-order valence-corrected chi connectivity index (χ3v) is 3.08. The minimum absolute atomic E-state index is 0. The van der Waals surface area contributed by atoms with Gasteiger partial charge >= 0.3 is 0 Å². The Balaban J connectivity index is 0.00000529. The van der Waals surface area contributed by atoms with Crippen LogP contribution in [-0.4, -0.2) is 55.2 Å². The Morgan fingerprint density at radius 3 is 2.29 bits per heavy atom. The molecule has 0 heterocycles. The summed E-state index contributed by atoms with van der Waals surface area (Å²) < 4.78 is 16.5. The van der Waals surface area contributed by atoms with Gasteiger partial charge in [-0.2, -0.15) is 0 Å². The minimum atomic E-state index is -0.513. The van der Waals surface area contributed by atoms with Gasteiger partial charge < -0.3 is 30.1 Å². The summed E-state index contributed by atoms with van der Waals surface area (Å²) in [6.45, 7) is 10.7. The molecule has 1 unspecified atom stereocenters. The quantitative estimate of drug-likeness (QED) is 0.562. The molecule has 1 aromatic carbocycles. The van der Waals surface area contributed by atoms with Gasteiger partial charge in [-0.1, -0.05) is 26.0 Å². The number of rotatable bonds is 12. The topological polar surface area (TPSA) is 91.5 Å². The predicted octanol–water partition coefficient (Wildman–Crippen LogP) is 1.54. The molecule has 0 bridgehead atoms. The molecule has 0 aliphatic carbocycles. The summed E-state index contributed by atoms with van der Waals surface area (Å²) in [5, 5.41) is 13.0. The second-order valence-corrected chi connectivity index (χ2v) is 6.14. The van der Waals surface area contributed by atoms with Crippen LogP contribution in [0.2, 0.25) is 0 Å². The average molecular weight is 343 g/mol. The molecule has 24 heavy (non-hydrogen) atoms. The van der Waals surface area contributed by atoms with Crippen molar-refractivity contribution in [2.24, 2.45) is 0 Å². The third kappa shape index (κ3) is 11.4. The summed E-state index contributed by atoms with van der Waals surface area (Å²) >= 11 is 0. The normalized spacial score (nSPS) is 12.3. The first-order valence-corrected chi connectivity index (χ1v) is 8.30. The van der Waals surface area contributed by atoms with Gasteiger partial charge in [0, 0.05) is 12.6 Å². The summed E-state index contributed by atoms with van der Waals surface area (Å²) in [6, 6.07) is 8.09. The van der Waals surface area contributed by atoms with Crippen molar-refractivity contribution in [3.63, 3.8) is 0 Å². The van der Waals surface area contributed by atoms with Crippen LogP contribution in [0.1, 0.15) is 33.3 Å². The lowest BCUT2D eigenvalue weighted by molar-refractivity contribution is 0.0143. The van der Waals surface area contributed by atoms with E-state index in [1.165, 1.54) is 0 Å². The van der Waals surface area contributed by atoms with Crippen LogP contribution >= 0.6 is 0 Å². The highest BCUT2D eigenvalue weighted by molar-refractivity contribution is 5.26. The molecule has 140 valence electrons. The molecule has 0 aromatic heterocycles. The van der Waals surface area contributed by atoms with Crippen molar-refractivity contribution in [2.75, 3.05) is 26.4 Å². The SMILES string of the molecule is CC(C)NCC(O)COc1ccc(COCCOC(C)C)cc1.O. The van der Waals surface area contributed by atoms with Crippen molar-refractivity contribution < 1.29 is 24.8 Å². The number of aliphatic hydroxyl groups excluding tert-OH is 1. The molecular formula is C18H33NO5. The maximum absolute atomic E-state index is 9.80. The molecular weight excluding hydrogens is 310 g/mol. The number of hydrogen-bond acceptors (Lipinski definition) is 5. The maximum Gasteiger partial charge on any atom is 0.119 e. The molecule has 1 rings (SSSR count). The lowest BCUT2D eigenvalue weighted by Crippen LogP contribution is -2.35. The van der Waals surface area contributed by atoms with Gasteiger partial charge in [-0.3, -0.25) is 0 Å². The number of aliphatic hydroxyl groups is 1. The van der Waals surface area contributed by atoms with E-state index in [1.807, 2.05) is 52.0 Å². The molecule has 0 radical (unpaired) electrons. The Labute approximate surface area is 145 Å². The van der Waals surface area contributed by atoms with E-state index in [-0.39, 0.29) is 18.2 Å². The summed E-state index contributed by atoms with van der Waals surface area (Å²) in [5.74, 6) is 0.750. The first-order chi connectivity index (χ1) is 11.0. The first kappa shape index (κ1) is 22.8. The largest absolute Gasteiger partial charge is 0.491 e. The van der Waals surface area contributed by atoms with E-state index in [4.69, 9.17) is 14.2 Å². The Morgan fingerprint density at radius 1 is 1.04 bits per heavy atom. The van der Waals surface area contributed by atoms with Gasteiger partial charge in [0.1, 0.15) is 18.5 Å². The lowest BCUT2D eigenvalue weighted by Gasteiger charge is -2.15. The predicted molar refractivity (Wildman–Crippen MR) is 95.4 cm³/mol.